The molecule has 0 radical (unpaired) electrons. The number of hydrogen-bond acceptors (Lipinski definition) is 7. The Balaban J connectivity index is 1.47. The van der Waals surface area contributed by atoms with Gasteiger partial charge < -0.3 is 5.32 Å². The minimum Gasteiger partial charge on any atom is -0.325 e. The molecule has 2 N–H and O–H groups in total. The highest BCUT2D eigenvalue weighted by molar-refractivity contribution is 7.93. The first-order chi connectivity index (χ1) is 15.7. The predicted octanol–water partition coefficient (Wildman–Crippen LogP) is 3.39. The molecule has 1 aliphatic rings. The lowest BCUT2D eigenvalue weighted by Crippen LogP contribution is -2.43. The number of benzene rings is 2. The van der Waals surface area contributed by atoms with Gasteiger partial charge in [-0.15, -0.1) is 11.3 Å². The van der Waals surface area contributed by atoms with E-state index < -0.39 is 32.0 Å². The van der Waals surface area contributed by atoms with Crippen molar-refractivity contribution in [2.45, 2.75) is 28.7 Å². The molecule has 2 heterocycles. The van der Waals surface area contributed by atoms with Gasteiger partial charge in [0.1, 0.15) is 6.04 Å². The van der Waals surface area contributed by atoms with E-state index in [0.29, 0.717) is 23.6 Å². The molecule has 3 aromatic rings. The third-order valence-corrected chi connectivity index (χ3v) is 9.36. The van der Waals surface area contributed by atoms with Crippen LogP contribution < -0.4 is 10.0 Å². The zero-order valence-electron chi connectivity index (χ0n) is 17.0. The molecule has 0 unspecified atom stereocenters. The first-order valence-corrected chi connectivity index (χ1v) is 14.0. The van der Waals surface area contributed by atoms with Gasteiger partial charge in [0, 0.05) is 28.8 Å². The minimum atomic E-state index is -3.87. The normalized spacial score (nSPS) is 17.1. The van der Waals surface area contributed by atoms with Gasteiger partial charge in [0.2, 0.25) is 15.9 Å². The van der Waals surface area contributed by atoms with Gasteiger partial charge in [-0.3, -0.25) is 9.52 Å². The summed E-state index contributed by atoms with van der Waals surface area (Å²) < 4.78 is 54.5. The van der Waals surface area contributed by atoms with Gasteiger partial charge in [-0.25, -0.2) is 21.8 Å². The number of amides is 1. The maximum atomic E-state index is 13.0. The predicted molar refractivity (Wildman–Crippen MR) is 126 cm³/mol. The molecular weight excluding hydrogens is 508 g/mol. The summed E-state index contributed by atoms with van der Waals surface area (Å²) in [7, 11) is -7.69. The van der Waals surface area contributed by atoms with Crippen LogP contribution in [-0.4, -0.2) is 44.6 Å². The SMILES string of the molecule is O=C(Nc1ccc(S(=O)(=O)Nc2nccs2)cc1)[C@@H]1CCCN1S(=O)(=O)c1ccc(Cl)cc1. The molecule has 0 saturated carbocycles. The van der Waals surface area contributed by atoms with Crippen LogP contribution in [0.5, 0.6) is 0 Å². The number of anilines is 2. The standard InChI is InChI=1S/C20H19ClN4O5S3/c21-14-3-7-17(8-4-14)33(29,30)25-12-1-2-18(25)19(26)23-15-5-9-16(10-6-15)32(27,28)24-20-22-11-13-31-20/h3-11,13,18H,1-2,12H2,(H,22,24)(H,23,26)/t18-/m0/s1. The lowest BCUT2D eigenvalue weighted by molar-refractivity contribution is -0.119. The van der Waals surface area contributed by atoms with Crippen molar-refractivity contribution in [2.24, 2.45) is 0 Å². The van der Waals surface area contributed by atoms with Gasteiger partial charge in [-0.1, -0.05) is 11.6 Å². The van der Waals surface area contributed by atoms with Gasteiger partial charge >= 0.3 is 0 Å². The van der Waals surface area contributed by atoms with E-state index in [2.05, 4.69) is 15.0 Å². The van der Waals surface area contributed by atoms with E-state index in [4.69, 9.17) is 11.6 Å². The summed E-state index contributed by atoms with van der Waals surface area (Å²) in [6.45, 7) is 0.225. The summed E-state index contributed by atoms with van der Waals surface area (Å²) in [6.07, 6.45) is 2.41. The van der Waals surface area contributed by atoms with Gasteiger partial charge in [-0.2, -0.15) is 4.31 Å². The van der Waals surface area contributed by atoms with Crippen molar-refractivity contribution in [3.63, 3.8) is 0 Å². The largest absolute Gasteiger partial charge is 0.325 e. The number of nitrogens with zero attached hydrogens (tertiary/aromatic N) is 2. The second-order valence-electron chi connectivity index (χ2n) is 7.18. The molecule has 0 aliphatic carbocycles. The number of sulfonamides is 2. The van der Waals surface area contributed by atoms with E-state index in [9.17, 15) is 21.6 Å². The van der Waals surface area contributed by atoms with Crippen molar-refractivity contribution < 1.29 is 21.6 Å². The number of rotatable bonds is 7. The summed E-state index contributed by atoms with van der Waals surface area (Å²) in [4.78, 5) is 16.8. The van der Waals surface area contributed by atoms with Crippen LogP contribution >= 0.6 is 22.9 Å². The highest BCUT2D eigenvalue weighted by Crippen LogP contribution is 2.28. The maximum Gasteiger partial charge on any atom is 0.263 e. The lowest BCUT2D eigenvalue weighted by Gasteiger charge is -2.23. The number of thiazole rings is 1. The van der Waals surface area contributed by atoms with Crippen molar-refractivity contribution in [1.29, 1.82) is 0 Å². The smallest absolute Gasteiger partial charge is 0.263 e. The maximum absolute atomic E-state index is 13.0. The fourth-order valence-corrected chi connectivity index (χ4v) is 6.99. The molecular formula is C20H19ClN4O5S3. The molecule has 1 aromatic heterocycles. The van der Waals surface area contributed by atoms with E-state index >= 15 is 0 Å². The number of hydrogen-bond donors (Lipinski definition) is 2. The molecule has 174 valence electrons. The van der Waals surface area contributed by atoms with Gasteiger partial charge in [0.15, 0.2) is 5.13 Å². The number of carbonyl (C=O) groups excluding carboxylic acids is 1. The molecule has 1 saturated heterocycles. The molecule has 9 nitrogen and oxygen atoms in total. The average Bonchev–Trinajstić information content (AvgIpc) is 3.46. The zero-order valence-corrected chi connectivity index (χ0v) is 20.2. The Labute approximate surface area is 200 Å². The van der Waals surface area contributed by atoms with Gasteiger partial charge in [0.05, 0.1) is 9.79 Å². The summed E-state index contributed by atoms with van der Waals surface area (Å²) in [6, 6.07) is 10.5. The minimum absolute atomic E-state index is 0.00325. The fourth-order valence-electron chi connectivity index (χ4n) is 3.42. The molecule has 4 rings (SSSR count). The highest BCUT2D eigenvalue weighted by Gasteiger charge is 2.39. The number of aromatic nitrogens is 1. The molecule has 0 bridgehead atoms. The average molecular weight is 527 g/mol. The Hall–Kier alpha value is -2.51. The molecule has 33 heavy (non-hydrogen) atoms. The van der Waals surface area contributed by atoms with Crippen molar-refractivity contribution in [3.8, 4) is 0 Å². The number of halogens is 1. The fraction of sp³-hybridized carbons (Fsp3) is 0.200. The Morgan fingerprint density at radius 3 is 2.33 bits per heavy atom. The van der Waals surface area contributed by atoms with Crippen LogP contribution in [0.2, 0.25) is 5.02 Å². The monoisotopic (exact) mass is 526 g/mol. The number of nitrogens with one attached hydrogen (secondary N) is 2. The van der Waals surface area contributed by atoms with E-state index in [0.717, 1.165) is 11.3 Å². The summed E-state index contributed by atoms with van der Waals surface area (Å²) in [5.74, 6) is -0.485. The van der Waals surface area contributed by atoms with Crippen molar-refractivity contribution >= 4 is 59.7 Å². The highest BCUT2D eigenvalue weighted by atomic mass is 35.5. The Bertz CT molecular complexity index is 1340. The van der Waals surface area contributed by atoms with E-state index in [1.165, 1.54) is 59.0 Å². The topological polar surface area (TPSA) is 126 Å². The summed E-state index contributed by atoms with van der Waals surface area (Å²) in [5.41, 5.74) is 0.351. The molecule has 1 atom stereocenters. The first kappa shape index (κ1) is 23.6. The molecule has 1 fully saturated rings. The van der Waals surface area contributed by atoms with E-state index in [-0.39, 0.29) is 21.5 Å². The first-order valence-electron chi connectivity index (χ1n) is 9.77. The number of carbonyl (C=O) groups is 1. The summed E-state index contributed by atoms with van der Waals surface area (Å²) in [5, 5.41) is 4.99. The van der Waals surface area contributed by atoms with Gasteiger partial charge in [0.25, 0.3) is 10.0 Å². The Morgan fingerprint density at radius 2 is 1.70 bits per heavy atom. The third kappa shape index (κ3) is 5.20. The van der Waals surface area contributed by atoms with Crippen molar-refractivity contribution in [1.82, 2.24) is 9.29 Å². The third-order valence-electron chi connectivity index (χ3n) is 5.01. The van der Waals surface area contributed by atoms with Crippen LogP contribution in [-0.2, 0) is 24.8 Å². The van der Waals surface area contributed by atoms with Crippen LogP contribution in [0.15, 0.2) is 69.9 Å². The second-order valence-corrected chi connectivity index (χ2v) is 12.1. The van der Waals surface area contributed by atoms with Crippen LogP contribution in [0.1, 0.15) is 12.8 Å². The Morgan fingerprint density at radius 1 is 1.03 bits per heavy atom. The van der Waals surface area contributed by atoms with Crippen molar-refractivity contribution in [3.05, 3.63) is 65.1 Å². The lowest BCUT2D eigenvalue weighted by atomic mass is 10.2. The Kier molecular flexibility index (Phi) is 6.73. The van der Waals surface area contributed by atoms with Crippen molar-refractivity contribution in [2.75, 3.05) is 16.6 Å². The van der Waals surface area contributed by atoms with Crippen LogP contribution in [0.3, 0.4) is 0 Å². The zero-order chi connectivity index (χ0) is 23.6. The van der Waals surface area contributed by atoms with Crippen LogP contribution in [0.4, 0.5) is 10.8 Å². The van der Waals surface area contributed by atoms with Crippen LogP contribution in [0, 0.1) is 0 Å². The molecule has 1 aliphatic heterocycles. The molecule has 0 spiro atoms. The quantitative estimate of drug-likeness (QED) is 0.486. The molecule has 1 amide bonds. The second kappa shape index (κ2) is 9.39. The molecule has 13 heteroatoms. The molecule has 2 aromatic carbocycles. The summed E-state index contributed by atoms with van der Waals surface area (Å²) >= 11 is 7.00. The van der Waals surface area contributed by atoms with Gasteiger partial charge in [-0.05, 0) is 61.4 Å². The van der Waals surface area contributed by atoms with E-state index in [1.807, 2.05) is 0 Å². The van der Waals surface area contributed by atoms with E-state index in [1.54, 1.807) is 5.38 Å². The van der Waals surface area contributed by atoms with Crippen LogP contribution in [0.25, 0.3) is 0 Å².